The molecule has 1 unspecified atom stereocenters. The molecule has 1 aromatic carbocycles. The van der Waals surface area contributed by atoms with Crippen LogP contribution in [-0.4, -0.2) is 18.4 Å². The number of hydrogen-bond acceptors (Lipinski definition) is 3. The van der Waals surface area contributed by atoms with Gasteiger partial charge in [0.1, 0.15) is 0 Å². The molecular formula is C21H28N2O2S. The summed E-state index contributed by atoms with van der Waals surface area (Å²) < 4.78 is 0. The number of amides is 2. The van der Waals surface area contributed by atoms with Crippen LogP contribution in [0.4, 0.5) is 0 Å². The zero-order valence-electron chi connectivity index (χ0n) is 15.6. The maximum Gasteiger partial charge on any atom is 0.220 e. The van der Waals surface area contributed by atoms with E-state index >= 15 is 0 Å². The van der Waals surface area contributed by atoms with Crippen LogP contribution in [0, 0.1) is 0 Å². The fraction of sp³-hybridized carbons (Fsp3) is 0.429. The Labute approximate surface area is 160 Å². The van der Waals surface area contributed by atoms with Crippen LogP contribution in [0.15, 0.2) is 41.8 Å². The highest BCUT2D eigenvalue weighted by Crippen LogP contribution is 2.26. The summed E-state index contributed by atoms with van der Waals surface area (Å²) in [5.41, 5.74) is 2.41. The average Bonchev–Trinajstić information content (AvgIpc) is 3.17. The first-order valence-corrected chi connectivity index (χ1v) is 10.1. The lowest BCUT2D eigenvalue weighted by Gasteiger charge is -2.18. The van der Waals surface area contributed by atoms with E-state index < -0.39 is 0 Å². The molecule has 2 aromatic rings. The van der Waals surface area contributed by atoms with Crippen molar-refractivity contribution in [2.45, 2.75) is 52.0 Å². The van der Waals surface area contributed by atoms with E-state index in [0.717, 1.165) is 36.1 Å². The first-order valence-electron chi connectivity index (χ1n) is 9.26. The van der Waals surface area contributed by atoms with Gasteiger partial charge in [-0.1, -0.05) is 43.7 Å². The normalized spacial score (nSPS) is 11.8. The van der Waals surface area contributed by atoms with Crippen LogP contribution in [0.2, 0.25) is 0 Å². The van der Waals surface area contributed by atoms with Crippen molar-refractivity contribution in [2.24, 2.45) is 0 Å². The third kappa shape index (κ3) is 6.64. The number of aryl methyl sites for hydroxylation is 1. The second-order valence-electron chi connectivity index (χ2n) is 6.40. The Morgan fingerprint density at radius 1 is 1.08 bits per heavy atom. The highest BCUT2D eigenvalue weighted by Gasteiger charge is 2.17. The summed E-state index contributed by atoms with van der Waals surface area (Å²) in [6.07, 6.45) is 4.18. The molecule has 0 bridgehead atoms. The molecule has 0 radical (unpaired) electrons. The molecule has 26 heavy (non-hydrogen) atoms. The van der Waals surface area contributed by atoms with Gasteiger partial charge in [0.05, 0.1) is 6.04 Å². The molecule has 5 heteroatoms. The predicted octanol–water partition coefficient (Wildman–Crippen LogP) is 4.21. The van der Waals surface area contributed by atoms with E-state index in [2.05, 4.69) is 47.9 Å². The van der Waals surface area contributed by atoms with Gasteiger partial charge in [-0.25, -0.2) is 0 Å². The van der Waals surface area contributed by atoms with Crippen molar-refractivity contribution in [3.05, 3.63) is 57.8 Å². The highest BCUT2D eigenvalue weighted by molar-refractivity contribution is 7.10. The second kappa shape index (κ2) is 10.8. The molecule has 0 aliphatic carbocycles. The smallest absolute Gasteiger partial charge is 0.220 e. The van der Waals surface area contributed by atoms with Crippen molar-refractivity contribution in [3.63, 3.8) is 0 Å². The van der Waals surface area contributed by atoms with Gasteiger partial charge in [0.25, 0.3) is 0 Å². The van der Waals surface area contributed by atoms with E-state index in [4.69, 9.17) is 0 Å². The number of benzene rings is 1. The molecule has 0 aliphatic rings. The molecule has 0 aliphatic heterocycles. The minimum atomic E-state index is -0.0900. The molecule has 1 heterocycles. The summed E-state index contributed by atoms with van der Waals surface area (Å²) in [6, 6.07) is 12.5. The van der Waals surface area contributed by atoms with Gasteiger partial charge in [-0.05, 0) is 41.8 Å². The van der Waals surface area contributed by atoms with E-state index in [-0.39, 0.29) is 17.9 Å². The maximum absolute atomic E-state index is 12.4. The van der Waals surface area contributed by atoms with E-state index in [1.165, 1.54) is 12.5 Å². The molecule has 2 amide bonds. The molecule has 1 atom stereocenters. The summed E-state index contributed by atoms with van der Waals surface area (Å²) in [6.45, 7) is 4.34. The minimum absolute atomic E-state index is 0.00405. The van der Waals surface area contributed by atoms with Crippen LogP contribution >= 0.6 is 11.3 Å². The summed E-state index contributed by atoms with van der Waals surface area (Å²) >= 11 is 1.66. The Morgan fingerprint density at radius 3 is 2.46 bits per heavy atom. The van der Waals surface area contributed by atoms with Crippen LogP contribution < -0.4 is 10.6 Å². The molecule has 4 nitrogen and oxygen atoms in total. The van der Waals surface area contributed by atoms with Crippen molar-refractivity contribution < 1.29 is 9.59 Å². The number of nitrogens with one attached hydrogen (secondary N) is 2. The SMILES string of the molecule is CCc1ccc(C(NC(=O)CCCCCNC(C)=O)c2cccs2)cc1. The summed E-state index contributed by atoms with van der Waals surface area (Å²) in [5, 5.41) is 8.00. The van der Waals surface area contributed by atoms with Gasteiger partial charge in [-0.3, -0.25) is 9.59 Å². The second-order valence-corrected chi connectivity index (χ2v) is 7.38. The van der Waals surface area contributed by atoms with Gasteiger partial charge in [-0.15, -0.1) is 11.3 Å². The molecule has 0 fully saturated rings. The van der Waals surface area contributed by atoms with Crippen molar-refractivity contribution in [3.8, 4) is 0 Å². The quantitative estimate of drug-likeness (QED) is 0.614. The molecule has 140 valence electrons. The van der Waals surface area contributed by atoms with E-state index in [1.807, 2.05) is 11.4 Å². The third-order valence-electron chi connectivity index (χ3n) is 4.31. The molecule has 1 aromatic heterocycles. The van der Waals surface area contributed by atoms with Crippen molar-refractivity contribution >= 4 is 23.2 Å². The van der Waals surface area contributed by atoms with Crippen LogP contribution in [0.1, 0.15) is 61.6 Å². The molecular weight excluding hydrogens is 344 g/mol. The monoisotopic (exact) mass is 372 g/mol. The minimum Gasteiger partial charge on any atom is -0.356 e. The lowest BCUT2D eigenvalue weighted by Crippen LogP contribution is -2.28. The first-order chi connectivity index (χ1) is 12.6. The highest BCUT2D eigenvalue weighted by atomic mass is 32.1. The predicted molar refractivity (Wildman–Crippen MR) is 107 cm³/mol. The molecule has 0 saturated heterocycles. The lowest BCUT2D eigenvalue weighted by atomic mass is 10.0. The number of thiophene rings is 1. The first kappa shape index (κ1) is 20.2. The summed E-state index contributed by atoms with van der Waals surface area (Å²) in [4.78, 5) is 24.4. The maximum atomic E-state index is 12.4. The van der Waals surface area contributed by atoms with Crippen molar-refractivity contribution in [1.29, 1.82) is 0 Å². The number of carbonyl (C=O) groups excluding carboxylic acids is 2. The Bertz CT molecular complexity index is 681. The molecule has 0 spiro atoms. The Hall–Kier alpha value is -2.14. The van der Waals surface area contributed by atoms with Gasteiger partial charge in [-0.2, -0.15) is 0 Å². The standard InChI is InChI=1S/C21H28N2O2S/c1-3-17-10-12-18(13-11-17)21(19-8-7-15-26-19)23-20(25)9-5-4-6-14-22-16(2)24/h7-8,10-13,15,21H,3-6,9,14H2,1-2H3,(H,22,24)(H,23,25). The van der Waals surface area contributed by atoms with Crippen LogP contribution in [0.3, 0.4) is 0 Å². The van der Waals surface area contributed by atoms with Crippen molar-refractivity contribution in [1.82, 2.24) is 10.6 Å². The number of rotatable bonds is 10. The average molecular weight is 373 g/mol. The largest absolute Gasteiger partial charge is 0.356 e. The van der Waals surface area contributed by atoms with Gasteiger partial charge in [0, 0.05) is 24.8 Å². The summed E-state index contributed by atoms with van der Waals surface area (Å²) in [5.74, 6) is 0.0677. The Balaban J connectivity index is 1.88. The zero-order chi connectivity index (χ0) is 18.8. The Morgan fingerprint density at radius 2 is 1.85 bits per heavy atom. The van der Waals surface area contributed by atoms with E-state index in [9.17, 15) is 9.59 Å². The molecule has 2 rings (SSSR count). The third-order valence-corrected chi connectivity index (χ3v) is 5.25. The fourth-order valence-electron chi connectivity index (χ4n) is 2.80. The van der Waals surface area contributed by atoms with Crippen LogP contribution in [0.5, 0.6) is 0 Å². The van der Waals surface area contributed by atoms with Crippen LogP contribution in [-0.2, 0) is 16.0 Å². The van der Waals surface area contributed by atoms with Gasteiger partial charge in [0.15, 0.2) is 0 Å². The van der Waals surface area contributed by atoms with Gasteiger partial charge >= 0.3 is 0 Å². The van der Waals surface area contributed by atoms with E-state index in [1.54, 1.807) is 11.3 Å². The zero-order valence-corrected chi connectivity index (χ0v) is 16.4. The lowest BCUT2D eigenvalue weighted by molar-refractivity contribution is -0.122. The molecule has 2 N–H and O–H groups in total. The van der Waals surface area contributed by atoms with E-state index in [0.29, 0.717) is 13.0 Å². The van der Waals surface area contributed by atoms with Crippen LogP contribution in [0.25, 0.3) is 0 Å². The van der Waals surface area contributed by atoms with Gasteiger partial charge < -0.3 is 10.6 Å². The summed E-state index contributed by atoms with van der Waals surface area (Å²) in [7, 11) is 0. The number of carbonyl (C=O) groups is 2. The Kier molecular flexibility index (Phi) is 8.35. The topological polar surface area (TPSA) is 58.2 Å². The van der Waals surface area contributed by atoms with Gasteiger partial charge in [0.2, 0.25) is 11.8 Å². The molecule has 0 saturated carbocycles. The number of unbranched alkanes of at least 4 members (excludes halogenated alkanes) is 2. The van der Waals surface area contributed by atoms with Crippen molar-refractivity contribution in [2.75, 3.05) is 6.54 Å². The number of hydrogen-bond donors (Lipinski definition) is 2. The fourth-order valence-corrected chi connectivity index (χ4v) is 3.61.